The number of carbonyl (C=O) groups excluding carboxylic acids is 1. The van der Waals surface area contributed by atoms with Gasteiger partial charge in [-0.25, -0.2) is 0 Å². The zero-order chi connectivity index (χ0) is 17.9. The molecule has 1 aliphatic heterocycles. The van der Waals surface area contributed by atoms with Crippen molar-refractivity contribution in [2.75, 3.05) is 31.1 Å². The molecule has 0 aliphatic carbocycles. The Kier molecular flexibility index (Phi) is 4.71. The van der Waals surface area contributed by atoms with Gasteiger partial charge in [0.25, 0.3) is 5.91 Å². The van der Waals surface area contributed by atoms with Crippen molar-refractivity contribution < 1.29 is 4.79 Å². The average Bonchev–Trinajstić information content (AvgIpc) is 3.23. The van der Waals surface area contributed by atoms with E-state index < -0.39 is 0 Å². The molecule has 1 fully saturated rings. The minimum atomic E-state index is 0.0675. The minimum Gasteiger partial charge on any atom is -0.368 e. The van der Waals surface area contributed by atoms with Gasteiger partial charge in [0.2, 0.25) is 0 Å². The Morgan fingerprint density at radius 1 is 1.00 bits per heavy atom. The number of thiophene rings is 1. The molecular weight excluding hydrogens is 342 g/mol. The molecule has 0 N–H and O–H groups in total. The Hall–Kier alpha value is -2.66. The van der Waals surface area contributed by atoms with Crippen molar-refractivity contribution in [3.8, 4) is 11.3 Å². The Balaban J connectivity index is 1.39. The Labute approximate surface area is 157 Å². The third-order valence-electron chi connectivity index (χ3n) is 4.79. The first kappa shape index (κ1) is 16.8. The van der Waals surface area contributed by atoms with Crippen LogP contribution in [0, 0.1) is 6.92 Å². The van der Waals surface area contributed by atoms with Gasteiger partial charge in [-0.05, 0) is 42.6 Å². The third kappa shape index (κ3) is 3.48. The third-order valence-corrected chi connectivity index (χ3v) is 5.48. The standard InChI is InChI=1S/C21H21N3OS/c1-16-2-5-19(6-3-16)23-9-11-24(12-10-23)21(25)17-4-7-20(22-14-17)18-8-13-26-15-18/h2-8,13-15H,9-12H2,1H3. The molecule has 1 aliphatic rings. The van der Waals surface area contributed by atoms with Crippen LogP contribution in [-0.2, 0) is 0 Å². The van der Waals surface area contributed by atoms with E-state index in [9.17, 15) is 4.79 Å². The number of aromatic nitrogens is 1. The van der Waals surface area contributed by atoms with Crippen LogP contribution in [0.25, 0.3) is 11.3 Å². The van der Waals surface area contributed by atoms with Gasteiger partial charge in [-0.15, -0.1) is 0 Å². The van der Waals surface area contributed by atoms with Crippen LogP contribution in [0.15, 0.2) is 59.4 Å². The molecule has 1 amide bonds. The smallest absolute Gasteiger partial charge is 0.255 e. The molecule has 3 heterocycles. The fourth-order valence-electron chi connectivity index (χ4n) is 3.21. The molecule has 0 unspecified atom stereocenters. The van der Waals surface area contributed by atoms with Crippen molar-refractivity contribution in [1.29, 1.82) is 0 Å². The van der Waals surface area contributed by atoms with E-state index in [0.717, 1.165) is 37.4 Å². The first-order chi connectivity index (χ1) is 12.7. The summed E-state index contributed by atoms with van der Waals surface area (Å²) in [6.45, 7) is 5.28. The van der Waals surface area contributed by atoms with Crippen LogP contribution in [-0.4, -0.2) is 42.0 Å². The summed E-state index contributed by atoms with van der Waals surface area (Å²) in [4.78, 5) is 21.5. The van der Waals surface area contributed by atoms with E-state index in [2.05, 4.69) is 46.5 Å². The number of benzene rings is 1. The minimum absolute atomic E-state index is 0.0675. The highest BCUT2D eigenvalue weighted by molar-refractivity contribution is 7.08. The predicted octanol–water partition coefficient (Wildman–Crippen LogP) is 4.08. The molecule has 0 radical (unpaired) electrons. The van der Waals surface area contributed by atoms with Crippen molar-refractivity contribution in [1.82, 2.24) is 9.88 Å². The molecule has 132 valence electrons. The van der Waals surface area contributed by atoms with Crippen molar-refractivity contribution >= 4 is 22.9 Å². The molecule has 3 aromatic rings. The number of amides is 1. The van der Waals surface area contributed by atoms with E-state index in [-0.39, 0.29) is 5.91 Å². The summed E-state index contributed by atoms with van der Waals surface area (Å²) in [5.41, 5.74) is 5.16. The topological polar surface area (TPSA) is 36.4 Å². The van der Waals surface area contributed by atoms with Crippen molar-refractivity contribution in [3.63, 3.8) is 0 Å². The van der Waals surface area contributed by atoms with Gasteiger partial charge in [0.05, 0.1) is 11.3 Å². The molecule has 0 spiro atoms. The zero-order valence-electron chi connectivity index (χ0n) is 14.8. The van der Waals surface area contributed by atoms with Crippen LogP contribution < -0.4 is 4.90 Å². The summed E-state index contributed by atoms with van der Waals surface area (Å²) in [6.07, 6.45) is 1.70. The normalized spacial score (nSPS) is 14.5. The van der Waals surface area contributed by atoms with Crippen LogP contribution in [0.3, 0.4) is 0 Å². The first-order valence-electron chi connectivity index (χ1n) is 8.80. The summed E-state index contributed by atoms with van der Waals surface area (Å²) in [5, 5.41) is 4.09. The summed E-state index contributed by atoms with van der Waals surface area (Å²) in [5.74, 6) is 0.0675. The van der Waals surface area contributed by atoms with E-state index in [4.69, 9.17) is 0 Å². The molecule has 5 heteroatoms. The van der Waals surface area contributed by atoms with Crippen LogP contribution in [0.1, 0.15) is 15.9 Å². The maximum Gasteiger partial charge on any atom is 0.255 e. The number of rotatable bonds is 3. The monoisotopic (exact) mass is 363 g/mol. The molecule has 4 rings (SSSR count). The van der Waals surface area contributed by atoms with Crippen LogP contribution >= 0.6 is 11.3 Å². The van der Waals surface area contributed by atoms with E-state index >= 15 is 0 Å². The predicted molar refractivity (Wildman–Crippen MR) is 107 cm³/mol. The summed E-state index contributed by atoms with van der Waals surface area (Å²) in [6, 6.07) is 14.4. The fraction of sp³-hybridized carbons (Fsp3) is 0.238. The number of anilines is 1. The van der Waals surface area contributed by atoms with Crippen molar-refractivity contribution in [2.45, 2.75) is 6.92 Å². The Morgan fingerprint density at radius 2 is 1.77 bits per heavy atom. The average molecular weight is 363 g/mol. The Bertz CT molecular complexity index is 865. The molecule has 0 saturated carbocycles. The lowest BCUT2D eigenvalue weighted by molar-refractivity contribution is 0.0746. The highest BCUT2D eigenvalue weighted by Crippen LogP contribution is 2.21. The van der Waals surface area contributed by atoms with E-state index in [1.165, 1.54) is 11.3 Å². The lowest BCUT2D eigenvalue weighted by Gasteiger charge is -2.36. The molecule has 2 aromatic heterocycles. The van der Waals surface area contributed by atoms with E-state index in [0.29, 0.717) is 5.56 Å². The number of carbonyl (C=O) groups is 1. The quantitative estimate of drug-likeness (QED) is 0.703. The molecule has 1 saturated heterocycles. The van der Waals surface area contributed by atoms with Crippen molar-refractivity contribution in [3.05, 3.63) is 70.5 Å². The number of pyridine rings is 1. The van der Waals surface area contributed by atoms with Gasteiger partial charge in [-0.1, -0.05) is 17.7 Å². The van der Waals surface area contributed by atoms with E-state index in [1.807, 2.05) is 28.5 Å². The molecule has 26 heavy (non-hydrogen) atoms. The number of hydrogen-bond acceptors (Lipinski definition) is 4. The molecule has 0 bridgehead atoms. The maximum atomic E-state index is 12.8. The Morgan fingerprint density at radius 3 is 2.38 bits per heavy atom. The van der Waals surface area contributed by atoms with Gasteiger partial charge >= 0.3 is 0 Å². The van der Waals surface area contributed by atoms with Gasteiger partial charge in [0, 0.05) is 49.0 Å². The van der Waals surface area contributed by atoms with Gasteiger partial charge in [0.15, 0.2) is 0 Å². The van der Waals surface area contributed by atoms with Gasteiger partial charge < -0.3 is 9.80 Å². The second-order valence-electron chi connectivity index (χ2n) is 6.56. The summed E-state index contributed by atoms with van der Waals surface area (Å²) < 4.78 is 0. The molecular formula is C21H21N3OS. The SMILES string of the molecule is Cc1ccc(N2CCN(C(=O)c3ccc(-c4ccsc4)nc3)CC2)cc1. The second kappa shape index (κ2) is 7.30. The lowest BCUT2D eigenvalue weighted by atomic mass is 10.1. The van der Waals surface area contributed by atoms with E-state index in [1.54, 1.807) is 17.5 Å². The number of piperazine rings is 1. The van der Waals surface area contributed by atoms with Gasteiger partial charge in [-0.2, -0.15) is 11.3 Å². The number of aryl methyl sites for hydroxylation is 1. The van der Waals surface area contributed by atoms with Gasteiger partial charge in [-0.3, -0.25) is 9.78 Å². The lowest BCUT2D eigenvalue weighted by Crippen LogP contribution is -2.48. The zero-order valence-corrected chi connectivity index (χ0v) is 15.6. The van der Waals surface area contributed by atoms with Crippen LogP contribution in [0.5, 0.6) is 0 Å². The molecule has 4 nitrogen and oxygen atoms in total. The van der Waals surface area contributed by atoms with Crippen molar-refractivity contribution in [2.24, 2.45) is 0 Å². The number of hydrogen-bond donors (Lipinski definition) is 0. The maximum absolute atomic E-state index is 12.8. The fourth-order valence-corrected chi connectivity index (χ4v) is 3.86. The summed E-state index contributed by atoms with van der Waals surface area (Å²) in [7, 11) is 0. The molecule has 0 atom stereocenters. The highest BCUT2D eigenvalue weighted by Gasteiger charge is 2.22. The summed E-state index contributed by atoms with van der Waals surface area (Å²) >= 11 is 1.65. The van der Waals surface area contributed by atoms with Crippen LogP contribution in [0.4, 0.5) is 5.69 Å². The second-order valence-corrected chi connectivity index (χ2v) is 7.34. The highest BCUT2D eigenvalue weighted by atomic mass is 32.1. The van der Waals surface area contributed by atoms with Crippen LogP contribution in [0.2, 0.25) is 0 Å². The van der Waals surface area contributed by atoms with Gasteiger partial charge in [0.1, 0.15) is 0 Å². The number of nitrogens with zero attached hydrogens (tertiary/aromatic N) is 3. The molecule has 1 aromatic carbocycles. The first-order valence-corrected chi connectivity index (χ1v) is 9.74. The largest absolute Gasteiger partial charge is 0.368 e.